The maximum atomic E-state index is 11.8. The van der Waals surface area contributed by atoms with E-state index in [0.717, 1.165) is 5.69 Å². The van der Waals surface area contributed by atoms with Crippen LogP contribution in [-0.4, -0.2) is 38.6 Å². The molecule has 2 aromatic rings. The van der Waals surface area contributed by atoms with Gasteiger partial charge in [-0.15, -0.1) is 5.10 Å². The zero-order valence-corrected chi connectivity index (χ0v) is 11.8. The Labute approximate surface area is 122 Å². The predicted octanol–water partition coefficient (Wildman–Crippen LogP) is 1.68. The second-order valence-corrected chi connectivity index (χ2v) is 5.08. The first kappa shape index (κ1) is 13.8. The zero-order chi connectivity index (χ0) is 14.8. The summed E-state index contributed by atoms with van der Waals surface area (Å²) in [6.45, 7) is 2.03. The largest absolute Gasteiger partial charge is 0.460 e. The summed E-state index contributed by atoms with van der Waals surface area (Å²) in [5.74, 6) is 0.371. The first-order valence-electron chi connectivity index (χ1n) is 7.06. The number of carbonyl (C=O) groups excluding carboxylic acids is 1. The third-order valence-electron chi connectivity index (χ3n) is 3.57. The van der Waals surface area contributed by atoms with Crippen LogP contribution in [0.25, 0.3) is 5.69 Å². The summed E-state index contributed by atoms with van der Waals surface area (Å²) in [4.78, 5) is 16.2. The van der Waals surface area contributed by atoms with Gasteiger partial charge in [0.1, 0.15) is 5.82 Å². The van der Waals surface area contributed by atoms with Gasteiger partial charge >= 0.3 is 5.97 Å². The summed E-state index contributed by atoms with van der Waals surface area (Å²) >= 11 is 0. The lowest BCUT2D eigenvalue weighted by Crippen LogP contribution is -2.28. The normalized spacial score (nSPS) is 20.9. The van der Waals surface area contributed by atoms with Gasteiger partial charge in [-0.25, -0.2) is 14.5 Å². The van der Waals surface area contributed by atoms with Crippen molar-refractivity contribution in [3.05, 3.63) is 42.0 Å². The summed E-state index contributed by atoms with van der Waals surface area (Å²) in [5, 5.41) is 13.8. The Hall–Kier alpha value is -2.21. The molecule has 1 fully saturated rings. The number of esters is 1. The molecule has 110 valence electrons. The van der Waals surface area contributed by atoms with Crippen LogP contribution >= 0.6 is 0 Å². The van der Waals surface area contributed by atoms with Crippen molar-refractivity contribution in [3.63, 3.8) is 0 Å². The third kappa shape index (κ3) is 2.67. The van der Waals surface area contributed by atoms with E-state index in [9.17, 15) is 9.90 Å². The van der Waals surface area contributed by atoms with Gasteiger partial charge in [-0.3, -0.25) is 0 Å². The maximum Gasteiger partial charge on any atom is 0.378 e. The fourth-order valence-corrected chi connectivity index (χ4v) is 2.43. The minimum absolute atomic E-state index is 0.0668. The van der Waals surface area contributed by atoms with Gasteiger partial charge in [0.05, 0.1) is 18.4 Å². The van der Waals surface area contributed by atoms with E-state index in [0.29, 0.717) is 18.7 Å². The van der Waals surface area contributed by atoms with Crippen molar-refractivity contribution in [2.75, 3.05) is 6.61 Å². The highest BCUT2D eigenvalue weighted by Crippen LogP contribution is 2.36. The van der Waals surface area contributed by atoms with Gasteiger partial charge in [0, 0.05) is 5.92 Å². The Morgan fingerprint density at radius 3 is 2.71 bits per heavy atom. The highest BCUT2D eigenvalue weighted by molar-refractivity contribution is 5.85. The SMILES string of the molecule is CCOC(=O)c1nc(C2CC(O)C2)n(-c2ccccc2)n1. The van der Waals surface area contributed by atoms with Crippen LogP contribution in [-0.2, 0) is 4.74 Å². The van der Waals surface area contributed by atoms with Gasteiger partial charge < -0.3 is 9.84 Å². The number of hydrogen-bond donors (Lipinski definition) is 1. The maximum absolute atomic E-state index is 11.8. The van der Waals surface area contributed by atoms with E-state index in [1.807, 2.05) is 30.3 Å². The molecule has 6 heteroatoms. The standard InChI is InChI=1S/C15H17N3O3/c1-2-21-15(20)13-16-14(10-8-12(19)9-10)18(17-13)11-6-4-3-5-7-11/h3-7,10,12,19H,2,8-9H2,1H3. The molecule has 0 spiro atoms. The summed E-state index contributed by atoms with van der Waals surface area (Å²) in [6.07, 6.45) is 1.00. The highest BCUT2D eigenvalue weighted by atomic mass is 16.5. The minimum Gasteiger partial charge on any atom is -0.460 e. The molecular weight excluding hydrogens is 270 g/mol. The van der Waals surface area contributed by atoms with E-state index >= 15 is 0 Å². The summed E-state index contributed by atoms with van der Waals surface area (Å²) < 4.78 is 6.63. The summed E-state index contributed by atoms with van der Waals surface area (Å²) in [7, 11) is 0. The third-order valence-corrected chi connectivity index (χ3v) is 3.57. The average molecular weight is 287 g/mol. The molecule has 0 saturated heterocycles. The molecule has 1 aliphatic carbocycles. The molecule has 3 rings (SSSR count). The van der Waals surface area contributed by atoms with E-state index in [4.69, 9.17) is 4.74 Å². The molecule has 0 radical (unpaired) electrons. The van der Waals surface area contributed by atoms with Crippen LogP contribution in [0.15, 0.2) is 30.3 Å². The van der Waals surface area contributed by atoms with Gasteiger partial charge in [0.25, 0.3) is 5.82 Å². The number of nitrogens with zero attached hydrogens (tertiary/aromatic N) is 3. The number of para-hydroxylation sites is 1. The second-order valence-electron chi connectivity index (χ2n) is 5.08. The molecule has 1 aromatic heterocycles. The molecule has 1 N–H and O–H groups in total. The van der Waals surface area contributed by atoms with Crippen LogP contribution in [0, 0.1) is 0 Å². The van der Waals surface area contributed by atoms with Crippen LogP contribution in [0.2, 0.25) is 0 Å². The Bertz CT molecular complexity index is 633. The number of aliphatic hydroxyl groups is 1. The molecule has 21 heavy (non-hydrogen) atoms. The molecule has 0 unspecified atom stereocenters. The molecular formula is C15H17N3O3. The van der Waals surface area contributed by atoms with Crippen molar-refractivity contribution in [2.24, 2.45) is 0 Å². The van der Waals surface area contributed by atoms with Crippen LogP contribution in [0.4, 0.5) is 0 Å². The minimum atomic E-state index is -0.520. The Morgan fingerprint density at radius 2 is 2.10 bits per heavy atom. The monoisotopic (exact) mass is 287 g/mol. The number of ether oxygens (including phenoxy) is 1. The Kier molecular flexibility index (Phi) is 3.70. The number of rotatable bonds is 4. The fourth-order valence-electron chi connectivity index (χ4n) is 2.43. The fraction of sp³-hybridized carbons (Fsp3) is 0.400. The highest BCUT2D eigenvalue weighted by Gasteiger charge is 2.34. The molecule has 0 aliphatic heterocycles. The first-order valence-corrected chi connectivity index (χ1v) is 7.06. The molecule has 0 amide bonds. The number of hydrogen-bond acceptors (Lipinski definition) is 5. The number of aliphatic hydroxyl groups excluding tert-OH is 1. The van der Waals surface area contributed by atoms with E-state index in [-0.39, 0.29) is 24.5 Å². The lowest BCUT2D eigenvalue weighted by Gasteiger charge is -2.30. The van der Waals surface area contributed by atoms with Gasteiger partial charge in [-0.05, 0) is 31.9 Å². The lowest BCUT2D eigenvalue weighted by molar-refractivity contribution is 0.0512. The van der Waals surface area contributed by atoms with Crippen molar-refractivity contribution in [1.29, 1.82) is 0 Å². The lowest BCUT2D eigenvalue weighted by atomic mass is 9.82. The van der Waals surface area contributed by atoms with E-state index < -0.39 is 5.97 Å². The van der Waals surface area contributed by atoms with E-state index in [2.05, 4.69) is 10.1 Å². The van der Waals surface area contributed by atoms with Crippen molar-refractivity contribution in [3.8, 4) is 5.69 Å². The van der Waals surface area contributed by atoms with Crippen molar-refractivity contribution >= 4 is 5.97 Å². The van der Waals surface area contributed by atoms with Crippen LogP contribution in [0.3, 0.4) is 0 Å². The summed E-state index contributed by atoms with van der Waals surface area (Å²) in [6, 6.07) is 9.53. The molecule has 1 aliphatic rings. The van der Waals surface area contributed by atoms with Gasteiger partial charge in [-0.2, -0.15) is 0 Å². The number of benzene rings is 1. The van der Waals surface area contributed by atoms with Crippen molar-refractivity contribution < 1.29 is 14.6 Å². The van der Waals surface area contributed by atoms with Crippen molar-refractivity contribution in [1.82, 2.24) is 14.8 Å². The Balaban J connectivity index is 1.98. The Morgan fingerprint density at radius 1 is 1.38 bits per heavy atom. The van der Waals surface area contributed by atoms with E-state index in [1.165, 1.54) is 0 Å². The van der Waals surface area contributed by atoms with Crippen LogP contribution in [0.1, 0.15) is 42.1 Å². The van der Waals surface area contributed by atoms with Crippen LogP contribution in [0.5, 0.6) is 0 Å². The number of aromatic nitrogens is 3. The van der Waals surface area contributed by atoms with E-state index in [1.54, 1.807) is 11.6 Å². The average Bonchev–Trinajstić information content (AvgIpc) is 2.90. The van der Waals surface area contributed by atoms with Gasteiger partial charge in [0.2, 0.25) is 0 Å². The zero-order valence-electron chi connectivity index (χ0n) is 11.8. The molecule has 1 aromatic carbocycles. The van der Waals surface area contributed by atoms with Crippen molar-refractivity contribution in [2.45, 2.75) is 31.8 Å². The molecule has 1 heterocycles. The molecule has 0 bridgehead atoms. The quantitative estimate of drug-likeness (QED) is 0.866. The first-order chi connectivity index (χ1) is 10.2. The van der Waals surface area contributed by atoms with Gasteiger partial charge in [0.15, 0.2) is 0 Å². The van der Waals surface area contributed by atoms with Crippen LogP contribution < -0.4 is 0 Å². The topological polar surface area (TPSA) is 77.2 Å². The molecule has 6 nitrogen and oxygen atoms in total. The number of carbonyl (C=O) groups is 1. The molecule has 0 atom stereocenters. The predicted molar refractivity (Wildman–Crippen MR) is 75.3 cm³/mol. The van der Waals surface area contributed by atoms with Gasteiger partial charge in [-0.1, -0.05) is 18.2 Å². The smallest absolute Gasteiger partial charge is 0.378 e. The molecule has 1 saturated carbocycles. The second kappa shape index (κ2) is 5.65. The summed E-state index contributed by atoms with van der Waals surface area (Å²) in [5.41, 5.74) is 0.844.